The highest BCUT2D eigenvalue weighted by Gasteiger charge is 2.18. The van der Waals surface area contributed by atoms with E-state index in [1.54, 1.807) is 13.1 Å². The predicted octanol–water partition coefficient (Wildman–Crippen LogP) is 0.526. The first-order valence-electron chi connectivity index (χ1n) is 5.53. The first kappa shape index (κ1) is 14.1. The molecule has 0 spiro atoms. The van der Waals surface area contributed by atoms with E-state index in [1.807, 2.05) is 11.5 Å². The summed E-state index contributed by atoms with van der Waals surface area (Å²) in [6.07, 6.45) is 2.50. The van der Waals surface area contributed by atoms with Crippen LogP contribution in [0.5, 0.6) is 0 Å². The Morgan fingerprint density at radius 1 is 1.53 bits per heavy atom. The van der Waals surface area contributed by atoms with Crippen molar-refractivity contribution in [2.75, 3.05) is 20.3 Å². The van der Waals surface area contributed by atoms with Crippen LogP contribution in [0.1, 0.15) is 19.2 Å². The Kier molecular flexibility index (Phi) is 5.10. The SMILES string of the molecule is CCCn1cc(S(=O)(=O)NCCOC)nc1C. The summed E-state index contributed by atoms with van der Waals surface area (Å²) in [4.78, 5) is 4.05. The monoisotopic (exact) mass is 261 g/mol. The van der Waals surface area contributed by atoms with Gasteiger partial charge in [-0.25, -0.2) is 18.1 Å². The zero-order valence-corrected chi connectivity index (χ0v) is 11.2. The number of ether oxygens (including phenoxy) is 1. The van der Waals surface area contributed by atoms with Crippen molar-refractivity contribution in [1.29, 1.82) is 0 Å². The molecule has 0 aromatic carbocycles. The molecule has 1 N–H and O–H groups in total. The largest absolute Gasteiger partial charge is 0.383 e. The molecule has 1 heterocycles. The van der Waals surface area contributed by atoms with Gasteiger partial charge in [-0.3, -0.25) is 0 Å². The van der Waals surface area contributed by atoms with Crippen molar-refractivity contribution >= 4 is 10.0 Å². The van der Waals surface area contributed by atoms with Gasteiger partial charge in [0.2, 0.25) is 0 Å². The fourth-order valence-corrected chi connectivity index (χ4v) is 2.45. The van der Waals surface area contributed by atoms with Crippen LogP contribution < -0.4 is 4.72 Å². The number of aromatic nitrogens is 2. The minimum Gasteiger partial charge on any atom is -0.383 e. The molecular weight excluding hydrogens is 242 g/mol. The fraction of sp³-hybridized carbons (Fsp3) is 0.700. The summed E-state index contributed by atoms with van der Waals surface area (Å²) in [5, 5.41) is 0.0690. The van der Waals surface area contributed by atoms with Crippen molar-refractivity contribution in [2.24, 2.45) is 0 Å². The molecule has 17 heavy (non-hydrogen) atoms. The number of methoxy groups -OCH3 is 1. The molecule has 0 atom stereocenters. The molecule has 0 saturated carbocycles. The van der Waals surface area contributed by atoms with Gasteiger partial charge in [-0.1, -0.05) is 6.92 Å². The number of nitrogens with zero attached hydrogens (tertiary/aromatic N) is 2. The van der Waals surface area contributed by atoms with E-state index in [2.05, 4.69) is 9.71 Å². The molecule has 0 aliphatic heterocycles. The Bertz CT molecular complexity index is 453. The lowest BCUT2D eigenvalue weighted by molar-refractivity contribution is 0.204. The Balaban J connectivity index is 2.80. The van der Waals surface area contributed by atoms with E-state index < -0.39 is 10.0 Å². The van der Waals surface area contributed by atoms with Gasteiger partial charge in [0.25, 0.3) is 10.0 Å². The third-order valence-corrected chi connectivity index (χ3v) is 3.62. The van der Waals surface area contributed by atoms with Crippen LogP contribution in [0.25, 0.3) is 0 Å². The van der Waals surface area contributed by atoms with Crippen LogP contribution in [0.4, 0.5) is 0 Å². The van der Waals surface area contributed by atoms with Crippen LogP contribution in [-0.4, -0.2) is 38.2 Å². The Labute approximate surface area is 102 Å². The third kappa shape index (κ3) is 3.79. The summed E-state index contributed by atoms with van der Waals surface area (Å²) >= 11 is 0. The van der Waals surface area contributed by atoms with E-state index >= 15 is 0 Å². The molecule has 0 aliphatic rings. The number of nitrogens with one attached hydrogen (secondary N) is 1. The zero-order valence-electron chi connectivity index (χ0n) is 10.4. The molecule has 0 saturated heterocycles. The maximum atomic E-state index is 11.8. The highest BCUT2D eigenvalue weighted by molar-refractivity contribution is 7.89. The van der Waals surface area contributed by atoms with E-state index in [1.165, 1.54) is 7.11 Å². The lowest BCUT2D eigenvalue weighted by Gasteiger charge is -2.02. The molecule has 1 rings (SSSR count). The number of sulfonamides is 1. The predicted molar refractivity (Wildman–Crippen MR) is 64.3 cm³/mol. The summed E-state index contributed by atoms with van der Waals surface area (Å²) in [7, 11) is -1.99. The van der Waals surface area contributed by atoms with Gasteiger partial charge in [0.05, 0.1) is 6.61 Å². The lowest BCUT2D eigenvalue weighted by atomic mass is 10.5. The van der Waals surface area contributed by atoms with Crippen LogP contribution in [0.15, 0.2) is 11.2 Å². The van der Waals surface area contributed by atoms with Crippen LogP contribution >= 0.6 is 0 Å². The summed E-state index contributed by atoms with van der Waals surface area (Å²) < 4.78 is 32.7. The van der Waals surface area contributed by atoms with Crippen molar-refractivity contribution in [3.8, 4) is 0 Å². The van der Waals surface area contributed by atoms with Crippen molar-refractivity contribution in [3.63, 3.8) is 0 Å². The Morgan fingerprint density at radius 2 is 2.24 bits per heavy atom. The Hall–Kier alpha value is -0.920. The van der Waals surface area contributed by atoms with Gasteiger partial charge in [0.15, 0.2) is 5.03 Å². The molecule has 1 aromatic heterocycles. The first-order valence-corrected chi connectivity index (χ1v) is 7.02. The average molecular weight is 261 g/mol. The smallest absolute Gasteiger partial charge is 0.259 e. The molecule has 0 aliphatic carbocycles. The number of rotatable bonds is 7. The quantitative estimate of drug-likeness (QED) is 0.726. The normalized spacial score (nSPS) is 11.9. The number of aryl methyl sites for hydroxylation is 2. The lowest BCUT2D eigenvalue weighted by Crippen LogP contribution is -2.27. The molecule has 0 radical (unpaired) electrons. The molecule has 98 valence electrons. The van der Waals surface area contributed by atoms with E-state index in [0.29, 0.717) is 12.4 Å². The second-order valence-corrected chi connectivity index (χ2v) is 5.42. The van der Waals surface area contributed by atoms with E-state index in [0.717, 1.165) is 13.0 Å². The van der Waals surface area contributed by atoms with Crippen LogP contribution in [0.2, 0.25) is 0 Å². The molecule has 0 fully saturated rings. The van der Waals surface area contributed by atoms with Crippen LogP contribution in [0.3, 0.4) is 0 Å². The van der Waals surface area contributed by atoms with Gasteiger partial charge in [-0.15, -0.1) is 0 Å². The number of hydrogen-bond donors (Lipinski definition) is 1. The van der Waals surface area contributed by atoms with Gasteiger partial charge < -0.3 is 9.30 Å². The highest BCUT2D eigenvalue weighted by atomic mass is 32.2. The molecule has 7 heteroatoms. The fourth-order valence-electron chi connectivity index (χ4n) is 1.43. The maximum absolute atomic E-state index is 11.8. The molecule has 0 unspecified atom stereocenters. The second kappa shape index (κ2) is 6.13. The van der Waals surface area contributed by atoms with Gasteiger partial charge in [0, 0.05) is 26.4 Å². The summed E-state index contributed by atoms with van der Waals surface area (Å²) in [6, 6.07) is 0. The minimum atomic E-state index is -3.51. The second-order valence-electron chi connectivity index (χ2n) is 3.71. The topological polar surface area (TPSA) is 73.2 Å². The van der Waals surface area contributed by atoms with Gasteiger partial charge >= 0.3 is 0 Å². The highest BCUT2D eigenvalue weighted by Crippen LogP contribution is 2.09. The van der Waals surface area contributed by atoms with Crippen molar-refractivity contribution in [1.82, 2.24) is 14.3 Å². The zero-order chi connectivity index (χ0) is 12.9. The molecular formula is C10H19N3O3S. The van der Waals surface area contributed by atoms with E-state index in [4.69, 9.17) is 4.74 Å². The number of imidazole rings is 1. The Morgan fingerprint density at radius 3 is 2.82 bits per heavy atom. The van der Waals surface area contributed by atoms with E-state index in [9.17, 15) is 8.42 Å². The summed E-state index contributed by atoms with van der Waals surface area (Å²) in [6.45, 7) is 5.19. The molecule has 6 nitrogen and oxygen atoms in total. The van der Waals surface area contributed by atoms with E-state index in [-0.39, 0.29) is 11.6 Å². The molecule has 0 bridgehead atoms. The standard InChI is InChI=1S/C10H19N3O3S/c1-4-6-13-8-10(12-9(13)2)17(14,15)11-5-7-16-3/h8,11H,4-7H2,1-3H3. The van der Waals surface area contributed by atoms with Crippen LogP contribution in [0, 0.1) is 6.92 Å². The van der Waals surface area contributed by atoms with Gasteiger partial charge in [-0.2, -0.15) is 0 Å². The summed E-state index contributed by atoms with van der Waals surface area (Å²) in [5.41, 5.74) is 0. The minimum absolute atomic E-state index is 0.0690. The molecule has 0 amide bonds. The maximum Gasteiger partial charge on any atom is 0.259 e. The van der Waals surface area contributed by atoms with Crippen molar-refractivity contribution in [2.45, 2.75) is 31.8 Å². The van der Waals surface area contributed by atoms with Crippen molar-refractivity contribution < 1.29 is 13.2 Å². The third-order valence-electron chi connectivity index (χ3n) is 2.29. The van der Waals surface area contributed by atoms with Gasteiger partial charge in [0.1, 0.15) is 5.82 Å². The summed E-state index contributed by atoms with van der Waals surface area (Å²) in [5.74, 6) is 0.707. The van der Waals surface area contributed by atoms with Crippen molar-refractivity contribution in [3.05, 3.63) is 12.0 Å². The number of hydrogen-bond acceptors (Lipinski definition) is 4. The molecule has 1 aromatic rings. The van der Waals surface area contributed by atoms with Gasteiger partial charge in [-0.05, 0) is 13.3 Å². The van der Waals surface area contributed by atoms with Crippen LogP contribution in [-0.2, 0) is 21.3 Å². The average Bonchev–Trinajstić information content (AvgIpc) is 2.62. The first-order chi connectivity index (χ1) is 8.01.